The molecule has 0 spiro atoms. The van der Waals surface area contributed by atoms with Gasteiger partial charge in [-0.05, 0) is 36.4 Å². The van der Waals surface area contributed by atoms with Gasteiger partial charge in [0.2, 0.25) is 0 Å². The van der Waals surface area contributed by atoms with Gasteiger partial charge in [0, 0.05) is 35.9 Å². The highest BCUT2D eigenvalue weighted by atomic mass is 19.1. The molecule has 0 aliphatic rings. The lowest BCUT2D eigenvalue weighted by molar-refractivity contribution is 0.629. The summed E-state index contributed by atoms with van der Waals surface area (Å²) in [7, 11) is 1.97. The van der Waals surface area contributed by atoms with Gasteiger partial charge in [-0.25, -0.2) is 4.39 Å². The van der Waals surface area contributed by atoms with Crippen LogP contribution in [0.25, 0.3) is 22.2 Å². The summed E-state index contributed by atoms with van der Waals surface area (Å²) in [6.45, 7) is 0. The number of fused-ring (bicyclic) bond motifs is 1. The van der Waals surface area contributed by atoms with Gasteiger partial charge in [0.25, 0.3) is 0 Å². The zero-order valence-electron chi connectivity index (χ0n) is 9.39. The molecule has 0 saturated carbocycles. The highest BCUT2D eigenvalue weighted by Gasteiger charge is 2.08. The van der Waals surface area contributed by atoms with E-state index in [0.29, 0.717) is 0 Å². The Labute approximate surface area is 98.3 Å². The predicted molar refractivity (Wildman–Crippen MR) is 66.1 cm³/mol. The van der Waals surface area contributed by atoms with E-state index in [1.807, 2.05) is 36.0 Å². The second-order valence-electron chi connectivity index (χ2n) is 4.03. The van der Waals surface area contributed by atoms with Crippen LogP contribution in [-0.2, 0) is 7.05 Å². The van der Waals surface area contributed by atoms with Crippen LogP contribution in [0.15, 0.2) is 48.8 Å². The number of aryl methyl sites for hydroxylation is 1. The second kappa shape index (κ2) is 3.70. The Balaban J connectivity index is 2.28. The van der Waals surface area contributed by atoms with Crippen LogP contribution in [-0.4, -0.2) is 9.55 Å². The van der Waals surface area contributed by atoms with Crippen molar-refractivity contribution in [3.8, 4) is 11.3 Å². The molecular weight excluding hydrogens is 215 g/mol. The van der Waals surface area contributed by atoms with Crippen LogP contribution in [0.2, 0.25) is 0 Å². The van der Waals surface area contributed by atoms with Gasteiger partial charge in [0.05, 0.1) is 5.69 Å². The van der Waals surface area contributed by atoms with Crippen LogP contribution in [0.5, 0.6) is 0 Å². The third-order valence-corrected chi connectivity index (χ3v) is 2.96. The summed E-state index contributed by atoms with van der Waals surface area (Å²) in [5.41, 5.74) is 3.09. The van der Waals surface area contributed by atoms with E-state index in [9.17, 15) is 4.39 Å². The lowest BCUT2D eigenvalue weighted by Gasteiger charge is -2.03. The average Bonchev–Trinajstić information content (AvgIpc) is 2.67. The number of halogens is 1. The van der Waals surface area contributed by atoms with Crippen LogP contribution in [0.3, 0.4) is 0 Å². The summed E-state index contributed by atoms with van der Waals surface area (Å²) in [4.78, 5) is 4.10. The molecule has 84 valence electrons. The van der Waals surface area contributed by atoms with E-state index in [1.54, 1.807) is 18.3 Å². The van der Waals surface area contributed by atoms with Crippen molar-refractivity contribution in [2.45, 2.75) is 0 Å². The van der Waals surface area contributed by atoms with Crippen molar-refractivity contribution in [3.63, 3.8) is 0 Å². The van der Waals surface area contributed by atoms with Crippen molar-refractivity contribution < 1.29 is 4.39 Å². The van der Waals surface area contributed by atoms with Gasteiger partial charge in [0.15, 0.2) is 0 Å². The highest BCUT2D eigenvalue weighted by Crippen LogP contribution is 2.26. The standard InChI is InChI=1S/C14H11FN2/c1-17-13-5-4-12(15)7-11(13)8-14(17)10-3-2-6-16-9-10/h2-9H,1H3. The first kappa shape index (κ1) is 10.0. The van der Waals surface area contributed by atoms with Gasteiger partial charge in [-0.1, -0.05) is 0 Å². The fourth-order valence-electron chi connectivity index (χ4n) is 2.11. The van der Waals surface area contributed by atoms with E-state index in [-0.39, 0.29) is 5.82 Å². The van der Waals surface area contributed by atoms with Gasteiger partial charge in [0.1, 0.15) is 5.82 Å². The zero-order chi connectivity index (χ0) is 11.8. The molecule has 0 radical (unpaired) electrons. The molecule has 0 atom stereocenters. The maximum absolute atomic E-state index is 13.2. The molecule has 0 amide bonds. The quantitative estimate of drug-likeness (QED) is 0.622. The average molecular weight is 226 g/mol. The summed E-state index contributed by atoms with van der Waals surface area (Å²) in [6, 6.07) is 10.7. The molecule has 2 heterocycles. The minimum atomic E-state index is -0.208. The van der Waals surface area contributed by atoms with Crippen molar-refractivity contribution in [1.29, 1.82) is 0 Å². The van der Waals surface area contributed by atoms with E-state index in [4.69, 9.17) is 0 Å². The van der Waals surface area contributed by atoms with Crippen LogP contribution < -0.4 is 0 Å². The summed E-state index contributed by atoms with van der Waals surface area (Å²) in [5, 5.41) is 0.909. The maximum atomic E-state index is 13.2. The third kappa shape index (κ3) is 1.60. The monoisotopic (exact) mass is 226 g/mol. The van der Waals surface area contributed by atoms with Crippen LogP contribution in [0.4, 0.5) is 4.39 Å². The molecular formula is C14H11FN2. The van der Waals surface area contributed by atoms with Crippen LogP contribution in [0, 0.1) is 5.82 Å². The molecule has 3 aromatic rings. The summed E-state index contributed by atoms with van der Waals surface area (Å²) >= 11 is 0. The zero-order valence-corrected chi connectivity index (χ0v) is 9.39. The Morgan fingerprint density at radius 2 is 2.06 bits per heavy atom. The van der Waals surface area contributed by atoms with E-state index >= 15 is 0 Å². The fraction of sp³-hybridized carbons (Fsp3) is 0.0714. The van der Waals surface area contributed by atoms with Crippen molar-refractivity contribution in [2.75, 3.05) is 0 Å². The molecule has 0 N–H and O–H groups in total. The first-order chi connectivity index (χ1) is 8.25. The predicted octanol–water partition coefficient (Wildman–Crippen LogP) is 3.38. The molecule has 1 aromatic carbocycles. The van der Waals surface area contributed by atoms with E-state index in [2.05, 4.69) is 4.98 Å². The molecule has 0 aliphatic carbocycles. The molecule has 0 aliphatic heterocycles. The molecule has 3 heteroatoms. The number of nitrogens with zero attached hydrogens (tertiary/aromatic N) is 2. The summed E-state index contributed by atoms with van der Waals surface area (Å²) in [5.74, 6) is -0.208. The largest absolute Gasteiger partial charge is 0.344 e. The van der Waals surface area contributed by atoms with Gasteiger partial charge >= 0.3 is 0 Å². The Kier molecular flexibility index (Phi) is 2.18. The molecule has 0 bridgehead atoms. The number of benzene rings is 1. The number of pyridine rings is 1. The summed E-state index contributed by atoms with van der Waals surface area (Å²) in [6.07, 6.45) is 3.55. The Bertz CT molecular complexity index is 671. The molecule has 0 unspecified atom stereocenters. The lowest BCUT2D eigenvalue weighted by Crippen LogP contribution is -1.91. The highest BCUT2D eigenvalue weighted by molar-refractivity contribution is 5.86. The first-order valence-electron chi connectivity index (χ1n) is 5.41. The second-order valence-corrected chi connectivity index (χ2v) is 4.03. The molecule has 2 nitrogen and oxygen atoms in total. The van der Waals surface area contributed by atoms with Gasteiger partial charge in [-0.3, -0.25) is 4.98 Å². The number of hydrogen-bond acceptors (Lipinski definition) is 1. The summed E-state index contributed by atoms with van der Waals surface area (Å²) < 4.78 is 15.2. The van der Waals surface area contributed by atoms with Gasteiger partial charge in [-0.2, -0.15) is 0 Å². The van der Waals surface area contributed by atoms with E-state index < -0.39 is 0 Å². The van der Waals surface area contributed by atoms with Crippen LogP contribution >= 0.6 is 0 Å². The Morgan fingerprint density at radius 1 is 1.18 bits per heavy atom. The molecule has 2 aromatic heterocycles. The number of aromatic nitrogens is 2. The Morgan fingerprint density at radius 3 is 2.82 bits per heavy atom. The van der Waals surface area contributed by atoms with E-state index in [1.165, 1.54) is 6.07 Å². The van der Waals surface area contributed by atoms with Gasteiger partial charge < -0.3 is 4.57 Å². The van der Waals surface area contributed by atoms with Crippen molar-refractivity contribution in [2.24, 2.45) is 7.05 Å². The topological polar surface area (TPSA) is 17.8 Å². The van der Waals surface area contributed by atoms with Gasteiger partial charge in [-0.15, -0.1) is 0 Å². The fourth-order valence-corrected chi connectivity index (χ4v) is 2.11. The number of hydrogen-bond donors (Lipinski definition) is 0. The smallest absolute Gasteiger partial charge is 0.123 e. The minimum Gasteiger partial charge on any atom is -0.344 e. The normalized spacial score (nSPS) is 10.9. The Hall–Kier alpha value is -2.16. The van der Waals surface area contributed by atoms with E-state index in [0.717, 1.165) is 22.2 Å². The third-order valence-electron chi connectivity index (χ3n) is 2.96. The van der Waals surface area contributed by atoms with Crippen molar-refractivity contribution >= 4 is 10.9 Å². The first-order valence-corrected chi connectivity index (χ1v) is 5.41. The maximum Gasteiger partial charge on any atom is 0.123 e. The number of rotatable bonds is 1. The van der Waals surface area contributed by atoms with Crippen molar-refractivity contribution in [1.82, 2.24) is 9.55 Å². The lowest BCUT2D eigenvalue weighted by atomic mass is 10.2. The molecule has 0 saturated heterocycles. The minimum absolute atomic E-state index is 0.208. The molecule has 3 rings (SSSR count). The molecule has 0 fully saturated rings. The molecule has 17 heavy (non-hydrogen) atoms. The van der Waals surface area contributed by atoms with Crippen LogP contribution in [0.1, 0.15) is 0 Å². The van der Waals surface area contributed by atoms with Crippen molar-refractivity contribution in [3.05, 3.63) is 54.6 Å². The SMILES string of the molecule is Cn1c(-c2cccnc2)cc2cc(F)ccc21.